The standard InChI is InChI=1S/C16H15F3N6O2/c1-9-6-10(16(17,18)19)7-20-13(9)25-8-11-12(23-25)21-15(22-14(11)26)24-2-4-27-5-3-24/h6-8H,2-5H2,1H3,(H,21,22,23,26). The van der Waals surface area contributed by atoms with Crippen molar-refractivity contribution in [1.82, 2.24) is 24.7 Å². The van der Waals surface area contributed by atoms with Gasteiger partial charge in [-0.3, -0.25) is 9.78 Å². The lowest BCUT2D eigenvalue weighted by Gasteiger charge is -2.26. The Labute approximate surface area is 150 Å². The van der Waals surface area contributed by atoms with Crippen molar-refractivity contribution in [2.24, 2.45) is 0 Å². The Morgan fingerprint density at radius 1 is 1.26 bits per heavy atom. The van der Waals surface area contributed by atoms with Crippen molar-refractivity contribution in [3.63, 3.8) is 0 Å². The lowest BCUT2D eigenvalue weighted by atomic mass is 10.2. The first-order valence-corrected chi connectivity index (χ1v) is 8.19. The lowest BCUT2D eigenvalue weighted by molar-refractivity contribution is -0.137. The highest BCUT2D eigenvalue weighted by Crippen LogP contribution is 2.30. The quantitative estimate of drug-likeness (QED) is 0.728. The third kappa shape index (κ3) is 3.25. The maximum atomic E-state index is 12.8. The summed E-state index contributed by atoms with van der Waals surface area (Å²) in [4.78, 5) is 25.2. The Morgan fingerprint density at radius 3 is 2.67 bits per heavy atom. The van der Waals surface area contributed by atoms with Crippen LogP contribution in [0.3, 0.4) is 0 Å². The van der Waals surface area contributed by atoms with Crippen LogP contribution in [0.25, 0.3) is 16.9 Å². The van der Waals surface area contributed by atoms with Gasteiger partial charge in [-0.1, -0.05) is 0 Å². The van der Waals surface area contributed by atoms with E-state index < -0.39 is 11.7 Å². The maximum absolute atomic E-state index is 12.8. The minimum absolute atomic E-state index is 0.196. The van der Waals surface area contributed by atoms with E-state index in [0.29, 0.717) is 32.3 Å². The number of alkyl halides is 3. The molecule has 0 aromatic carbocycles. The minimum Gasteiger partial charge on any atom is -0.378 e. The van der Waals surface area contributed by atoms with E-state index >= 15 is 0 Å². The van der Waals surface area contributed by atoms with Gasteiger partial charge in [0.1, 0.15) is 5.39 Å². The molecular formula is C16H15F3N6O2. The van der Waals surface area contributed by atoms with E-state index in [-0.39, 0.29) is 28.0 Å². The van der Waals surface area contributed by atoms with Gasteiger partial charge in [-0.05, 0) is 18.6 Å². The zero-order valence-electron chi connectivity index (χ0n) is 14.2. The first-order chi connectivity index (χ1) is 12.8. The van der Waals surface area contributed by atoms with Crippen LogP contribution in [0, 0.1) is 6.92 Å². The van der Waals surface area contributed by atoms with Crippen LogP contribution in [0.15, 0.2) is 23.3 Å². The molecule has 0 radical (unpaired) electrons. The Bertz CT molecular complexity index is 1050. The van der Waals surface area contributed by atoms with Gasteiger partial charge in [-0.25, -0.2) is 9.67 Å². The molecule has 0 amide bonds. The van der Waals surface area contributed by atoms with Crippen LogP contribution in [-0.4, -0.2) is 51.0 Å². The second-order valence-electron chi connectivity index (χ2n) is 6.16. The van der Waals surface area contributed by atoms with E-state index in [1.165, 1.54) is 17.8 Å². The van der Waals surface area contributed by atoms with Crippen molar-refractivity contribution in [1.29, 1.82) is 0 Å². The highest BCUT2D eigenvalue weighted by Gasteiger charge is 2.31. The number of pyridine rings is 1. The van der Waals surface area contributed by atoms with Crippen molar-refractivity contribution in [3.05, 3.63) is 39.9 Å². The number of aryl methyl sites for hydroxylation is 1. The summed E-state index contributed by atoms with van der Waals surface area (Å²) >= 11 is 0. The Kier molecular flexibility index (Phi) is 4.10. The van der Waals surface area contributed by atoms with Crippen LogP contribution in [0.4, 0.5) is 19.1 Å². The molecule has 0 atom stereocenters. The van der Waals surface area contributed by atoms with Crippen LogP contribution in [0.2, 0.25) is 0 Å². The highest BCUT2D eigenvalue weighted by atomic mass is 19.4. The molecule has 1 aliphatic rings. The number of hydrogen-bond donors (Lipinski definition) is 1. The van der Waals surface area contributed by atoms with Crippen molar-refractivity contribution < 1.29 is 17.9 Å². The summed E-state index contributed by atoms with van der Waals surface area (Å²) in [5, 5.41) is 4.47. The fourth-order valence-corrected chi connectivity index (χ4v) is 2.90. The molecule has 0 saturated carbocycles. The number of fused-ring (bicyclic) bond motifs is 1. The lowest BCUT2D eigenvalue weighted by Crippen LogP contribution is -2.38. The zero-order chi connectivity index (χ0) is 19.2. The second-order valence-corrected chi connectivity index (χ2v) is 6.16. The Balaban J connectivity index is 1.75. The van der Waals surface area contributed by atoms with Crippen molar-refractivity contribution in [2.45, 2.75) is 13.1 Å². The Morgan fingerprint density at radius 2 is 2.00 bits per heavy atom. The van der Waals surface area contributed by atoms with E-state index in [1.807, 2.05) is 4.90 Å². The van der Waals surface area contributed by atoms with Crippen LogP contribution >= 0.6 is 0 Å². The third-order valence-corrected chi connectivity index (χ3v) is 4.28. The number of halogens is 3. The third-order valence-electron chi connectivity index (χ3n) is 4.28. The first kappa shape index (κ1) is 17.5. The zero-order valence-corrected chi connectivity index (χ0v) is 14.2. The summed E-state index contributed by atoms with van der Waals surface area (Å²) in [6, 6.07) is 0.992. The molecule has 27 heavy (non-hydrogen) atoms. The molecular weight excluding hydrogens is 365 g/mol. The number of H-pyrrole nitrogens is 1. The smallest absolute Gasteiger partial charge is 0.378 e. The summed E-state index contributed by atoms with van der Waals surface area (Å²) in [5.41, 5.74) is -0.743. The summed E-state index contributed by atoms with van der Waals surface area (Å²) in [6.45, 7) is 3.75. The number of rotatable bonds is 2. The van der Waals surface area contributed by atoms with Gasteiger partial charge < -0.3 is 9.64 Å². The van der Waals surface area contributed by atoms with Gasteiger partial charge in [-0.15, -0.1) is 5.10 Å². The van der Waals surface area contributed by atoms with E-state index in [4.69, 9.17) is 4.74 Å². The molecule has 142 valence electrons. The van der Waals surface area contributed by atoms with Crippen LogP contribution in [0.1, 0.15) is 11.1 Å². The number of nitrogens with one attached hydrogen (secondary N) is 1. The molecule has 1 N–H and O–H groups in total. The number of nitrogens with zero attached hydrogens (tertiary/aromatic N) is 5. The van der Waals surface area contributed by atoms with Gasteiger partial charge in [0.05, 0.1) is 18.8 Å². The Hall–Kier alpha value is -2.95. The van der Waals surface area contributed by atoms with Crippen LogP contribution < -0.4 is 10.5 Å². The van der Waals surface area contributed by atoms with Crippen molar-refractivity contribution >= 4 is 17.0 Å². The molecule has 0 spiro atoms. The molecule has 4 heterocycles. The van der Waals surface area contributed by atoms with Crippen molar-refractivity contribution in [3.8, 4) is 5.82 Å². The topological polar surface area (TPSA) is 88.9 Å². The predicted molar refractivity (Wildman–Crippen MR) is 90.1 cm³/mol. The fourth-order valence-electron chi connectivity index (χ4n) is 2.90. The van der Waals surface area contributed by atoms with E-state index in [9.17, 15) is 18.0 Å². The molecule has 3 aromatic heterocycles. The monoisotopic (exact) mass is 380 g/mol. The largest absolute Gasteiger partial charge is 0.417 e. The molecule has 1 aliphatic heterocycles. The molecule has 8 nitrogen and oxygen atoms in total. The summed E-state index contributed by atoms with van der Waals surface area (Å²) in [5.74, 6) is 0.589. The van der Waals surface area contributed by atoms with Gasteiger partial charge in [0.15, 0.2) is 11.5 Å². The number of aromatic amines is 1. The first-order valence-electron chi connectivity index (χ1n) is 8.19. The molecule has 0 unspecified atom stereocenters. The molecule has 4 rings (SSSR count). The number of morpholine rings is 1. The number of aromatic nitrogens is 5. The van der Waals surface area contributed by atoms with Crippen LogP contribution in [-0.2, 0) is 10.9 Å². The van der Waals surface area contributed by atoms with Gasteiger partial charge in [-0.2, -0.15) is 18.2 Å². The highest BCUT2D eigenvalue weighted by molar-refractivity contribution is 5.74. The van der Waals surface area contributed by atoms with E-state index in [0.717, 1.165) is 12.3 Å². The SMILES string of the molecule is Cc1cc(C(F)(F)F)cnc1-n1cc2c(=O)[nH]c(N3CCOCC3)nc2n1. The summed E-state index contributed by atoms with van der Waals surface area (Å²) in [7, 11) is 0. The molecule has 1 fully saturated rings. The molecule has 3 aromatic rings. The van der Waals surface area contributed by atoms with Gasteiger partial charge >= 0.3 is 6.18 Å². The van der Waals surface area contributed by atoms with E-state index in [1.54, 1.807) is 0 Å². The molecule has 11 heteroatoms. The average molecular weight is 380 g/mol. The van der Waals surface area contributed by atoms with E-state index in [2.05, 4.69) is 20.1 Å². The molecule has 0 bridgehead atoms. The van der Waals surface area contributed by atoms with Gasteiger partial charge in [0.25, 0.3) is 5.56 Å². The predicted octanol–water partition coefficient (Wildman–Crippen LogP) is 1.67. The maximum Gasteiger partial charge on any atom is 0.417 e. The normalized spacial score (nSPS) is 15.5. The summed E-state index contributed by atoms with van der Waals surface area (Å²) < 4.78 is 45.0. The van der Waals surface area contributed by atoms with Crippen molar-refractivity contribution in [2.75, 3.05) is 31.2 Å². The number of ether oxygens (including phenoxy) is 1. The second kappa shape index (κ2) is 6.34. The minimum atomic E-state index is -4.48. The fraction of sp³-hybridized carbons (Fsp3) is 0.375. The van der Waals surface area contributed by atoms with Gasteiger partial charge in [0, 0.05) is 25.5 Å². The van der Waals surface area contributed by atoms with Crippen LogP contribution in [0.5, 0.6) is 0 Å². The molecule has 1 saturated heterocycles. The molecule has 0 aliphatic carbocycles. The average Bonchev–Trinajstić information content (AvgIpc) is 3.06. The number of anilines is 1. The summed E-state index contributed by atoms with van der Waals surface area (Å²) in [6.07, 6.45) is -2.32. The van der Waals surface area contributed by atoms with Gasteiger partial charge in [0.2, 0.25) is 5.95 Å². The number of hydrogen-bond acceptors (Lipinski definition) is 6.